The second-order valence-corrected chi connectivity index (χ2v) is 11.6. The van der Waals surface area contributed by atoms with Crippen LogP contribution in [-0.4, -0.2) is 40.8 Å². The number of esters is 1. The summed E-state index contributed by atoms with van der Waals surface area (Å²) >= 11 is 6.24. The Kier molecular flexibility index (Phi) is 9.18. The maximum atomic E-state index is 14.6. The van der Waals surface area contributed by atoms with Gasteiger partial charge < -0.3 is 14.2 Å². The number of carbonyl (C=O) groups is 1. The van der Waals surface area contributed by atoms with Crippen molar-refractivity contribution in [2.24, 2.45) is 0 Å². The Bertz CT molecular complexity index is 1580. The van der Waals surface area contributed by atoms with Crippen LogP contribution in [0.3, 0.4) is 0 Å². The first kappa shape index (κ1) is 30.3. The van der Waals surface area contributed by atoms with Gasteiger partial charge >= 0.3 is 12.6 Å². The van der Waals surface area contributed by atoms with Crippen molar-refractivity contribution in [2.75, 3.05) is 18.0 Å². The third-order valence-corrected chi connectivity index (χ3v) is 8.67. The summed E-state index contributed by atoms with van der Waals surface area (Å²) in [7, 11) is -3.08. The zero-order chi connectivity index (χ0) is 29.9. The number of rotatable bonds is 9. The number of nitrogens with zero attached hydrogens (tertiary/aromatic N) is 1. The number of carbonyl (C=O) groups excluding carboxylic acids is 1. The number of sulfonamides is 1. The number of methoxy groups -OCH3 is 1. The van der Waals surface area contributed by atoms with E-state index in [4.69, 9.17) is 21.1 Å². The van der Waals surface area contributed by atoms with Gasteiger partial charge in [-0.2, -0.15) is 8.78 Å². The molecule has 1 aliphatic heterocycles. The van der Waals surface area contributed by atoms with Gasteiger partial charge in [0.15, 0.2) is 0 Å². The van der Waals surface area contributed by atoms with E-state index in [1.165, 1.54) is 37.4 Å². The lowest BCUT2D eigenvalue weighted by Gasteiger charge is -2.37. The predicted molar refractivity (Wildman–Crippen MR) is 149 cm³/mol. The lowest BCUT2D eigenvalue weighted by atomic mass is 9.99. The average molecular weight is 610 g/mol. The van der Waals surface area contributed by atoms with E-state index in [2.05, 4.69) is 4.74 Å². The van der Waals surface area contributed by atoms with Gasteiger partial charge in [-0.3, -0.25) is 9.10 Å². The fourth-order valence-electron chi connectivity index (χ4n) is 4.61. The highest BCUT2D eigenvalue weighted by Crippen LogP contribution is 2.43. The molecule has 0 saturated carbocycles. The molecule has 0 saturated heterocycles. The van der Waals surface area contributed by atoms with Crippen molar-refractivity contribution in [3.63, 3.8) is 0 Å². The normalized spacial score (nSPS) is 15.4. The summed E-state index contributed by atoms with van der Waals surface area (Å²) in [5.41, 5.74) is 2.03. The van der Waals surface area contributed by atoms with Crippen LogP contribution in [0.5, 0.6) is 11.5 Å². The quantitative estimate of drug-likeness (QED) is 0.195. The Morgan fingerprint density at radius 1 is 1.20 bits per heavy atom. The molecule has 0 amide bonds. The number of benzene rings is 3. The monoisotopic (exact) mass is 609 g/mol. The second-order valence-electron chi connectivity index (χ2n) is 9.29. The minimum atomic E-state index is -4.33. The lowest BCUT2D eigenvalue weighted by molar-refractivity contribution is -0.141. The summed E-state index contributed by atoms with van der Waals surface area (Å²) in [6.07, 6.45) is 1.13. The number of ether oxygens (including phenoxy) is 3. The zero-order valence-corrected chi connectivity index (χ0v) is 23.9. The third-order valence-electron chi connectivity index (χ3n) is 6.59. The molecule has 218 valence electrons. The molecule has 0 N–H and O–H groups in total. The van der Waals surface area contributed by atoms with Crippen LogP contribution in [0.2, 0.25) is 5.02 Å². The van der Waals surface area contributed by atoms with E-state index in [0.717, 1.165) is 10.4 Å². The fraction of sp³-hybridized carbons (Fsp3) is 0.276. The van der Waals surface area contributed by atoms with Gasteiger partial charge in [0.1, 0.15) is 23.4 Å². The van der Waals surface area contributed by atoms with Gasteiger partial charge in [0.25, 0.3) is 10.0 Å². The van der Waals surface area contributed by atoms with E-state index >= 15 is 0 Å². The van der Waals surface area contributed by atoms with Gasteiger partial charge in [0, 0.05) is 18.1 Å². The standard InChI is InChI=1S/C29H27ClF3NO6S/c1-17(27-23(30)8-5-9-24(27)31)14-19-10-12-25-28(18(19)2)34(16-21(39-25)11-13-26(35)38-3)41(36,37)22-7-4-6-20(15-22)40-29(32)33/h4-10,12,14-15,21,29H,11,13,16H2,1-3H3. The summed E-state index contributed by atoms with van der Waals surface area (Å²) in [4.78, 5) is 11.5. The molecule has 0 bridgehead atoms. The van der Waals surface area contributed by atoms with E-state index in [0.29, 0.717) is 16.7 Å². The Morgan fingerprint density at radius 2 is 1.93 bits per heavy atom. The van der Waals surface area contributed by atoms with E-state index in [9.17, 15) is 26.4 Å². The third kappa shape index (κ3) is 6.62. The first-order chi connectivity index (χ1) is 19.4. The van der Waals surface area contributed by atoms with Crippen LogP contribution in [-0.2, 0) is 19.6 Å². The minimum Gasteiger partial charge on any atom is -0.486 e. The zero-order valence-electron chi connectivity index (χ0n) is 22.4. The highest BCUT2D eigenvalue weighted by Gasteiger charge is 2.36. The molecular formula is C29H27ClF3NO6S. The summed E-state index contributed by atoms with van der Waals surface area (Å²) in [6, 6.07) is 12.5. The summed E-state index contributed by atoms with van der Waals surface area (Å²) < 4.78 is 84.5. The number of halogens is 4. The first-order valence-electron chi connectivity index (χ1n) is 12.5. The molecule has 3 aromatic rings. The molecule has 1 aliphatic rings. The molecule has 4 rings (SSSR count). The molecule has 0 radical (unpaired) electrons. The Hall–Kier alpha value is -3.70. The molecule has 0 spiro atoms. The van der Waals surface area contributed by atoms with Crippen molar-refractivity contribution in [2.45, 2.75) is 44.3 Å². The van der Waals surface area contributed by atoms with E-state index in [1.807, 2.05) is 0 Å². The lowest BCUT2D eigenvalue weighted by Crippen LogP contribution is -2.44. The van der Waals surface area contributed by atoms with Crippen LogP contribution in [0.4, 0.5) is 18.9 Å². The van der Waals surface area contributed by atoms with Crippen LogP contribution in [0, 0.1) is 12.7 Å². The van der Waals surface area contributed by atoms with Crippen molar-refractivity contribution in [1.82, 2.24) is 0 Å². The molecule has 0 aliphatic carbocycles. The molecule has 0 fully saturated rings. The molecule has 0 aromatic heterocycles. The Morgan fingerprint density at radius 3 is 2.61 bits per heavy atom. The maximum absolute atomic E-state index is 14.6. The van der Waals surface area contributed by atoms with E-state index < -0.39 is 34.5 Å². The van der Waals surface area contributed by atoms with Crippen molar-refractivity contribution in [3.8, 4) is 11.5 Å². The van der Waals surface area contributed by atoms with Gasteiger partial charge in [-0.25, -0.2) is 12.8 Å². The number of alkyl halides is 2. The second kappa shape index (κ2) is 12.4. The van der Waals surface area contributed by atoms with Crippen LogP contribution < -0.4 is 13.8 Å². The van der Waals surface area contributed by atoms with Crippen LogP contribution >= 0.6 is 11.6 Å². The van der Waals surface area contributed by atoms with Gasteiger partial charge in [0.2, 0.25) is 0 Å². The molecule has 1 unspecified atom stereocenters. The maximum Gasteiger partial charge on any atom is 0.387 e. The number of allylic oxidation sites excluding steroid dienone is 1. The number of hydrogen-bond donors (Lipinski definition) is 0. The van der Waals surface area contributed by atoms with Crippen molar-refractivity contribution < 1.29 is 40.6 Å². The fourth-order valence-corrected chi connectivity index (χ4v) is 6.52. The van der Waals surface area contributed by atoms with E-state index in [1.54, 1.807) is 38.1 Å². The van der Waals surface area contributed by atoms with Gasteiger partial charge in [-0.15, -0.1) is 0 Å². The molecule has 7 nitrogen and oxygen atoms in total. The highest BCUT2D eigenvalue weighted by molar-refractivity contribution is 7.92. The predicted octanol–water partition coefficient (Wildman–Crippen LogP) is 6.86. The highest BCUT2D eigenvalue weighted by atomic mass is 35.5. The summed E-state index contributed by atoms with van der Waals surface area (Å²) in [6.45, 7) is 0.0736. The van der Waals surface area contributed by atoms with Crippen molar-refractivity contribution >= 4 is 44.9 Å². The first-order valence-corrected chi connectivity index (χ1v) is 14.3. The number of anilines is 1. The van der Waals surface area contributed by atoms with Gasteiger partial charge in [-0.1, -0.05) is 35.9 Å². The molecule has 12 heteroatoms. The Labute approximate surface area is 241 Å². The Balaban J connectivity index is 1.82. The van der Waals surface area contributed by atoms with E-state index in [-0.39, 0.29) is 52.1 Å². The van der Waals surface area contributed by atoms with Crippen LogP contribution in [0.25, 0.3) is 11.6 Å². The smallest absolute Gasteiger partial charge is 0.387 e. The molecule has 41 heavy (non-hydrogen) atoms. The van der Waals surface area contributed by atoms with Crippen LogP contribution in [0.15, 0.2) is 59.5 Å². The van der Waals surface area contributed by atoms with Crippen molar-refractivity contribution in [3.05, 3.63) is 82.1 Å². The molecule has 1 atom stereocenters. The average Bonchev–Trinajstić information content (AvgIpc) is 2.92. The topological polar surface area (TPSA) is 82.1 Å². The number of hydrogen-bond acceptors (Lipinski definition) is 6. The summed E-state index contributed by atoms with van der Waals surface area (Å²) in [5.74, 6) is -1.06. The van der Waals surface area contributed by atoms with Gasteiger partial charge in [0.05, 0.1) is 29.3 Å². The molecular weight excluding hydrogens is 583 g/mol. The largest absolute Gasteiger partial charge is 0.486 e. The molecule has 1 heterocycles. The minimum absolute atomic E-state index is 0.00943. The SMILES string of the molecule is COC(=O)CCC1CN(S(=O)(=O)c2cccc(OC(F)F)c2)c2c(ccc(C=C(C)c3c(F)cccc3Cl)c2C)O1. The number of fused-ring (bicyclic) bond motifs is 1. The summed E-state index contributed by atoms with van der Waals surface area (Å²) in [5, 5.41) is 0.223. The van der Waals surface area contributed by atoms with Crippen molar-refractivity contribution in [1.29, 1.82) is 0 Å². The van der Waals surface area contributed by atoms with Crippen LogP contribution in [0.1, 0.15) is 36.5 Å². The molecule has 3 aromatic carbocycles. The van der Waals surface area contributed by atoms with Gasteiger partial charge in [-0.05, 0) is 67.3 Å².